The number of para-hydroxylation sites is 1. The lowest BCUT2D eigenvalue weighted by Gasteiger charge is -2.08. The number of aldehydes is 1. The number of rotatable bonds is 4. The Morgan fingerprint density at radius 3 is 2.33 bits per heavy atom. The van der Waals surface area contributed by atoms with Gasteiger partial charge in [-0.05, 0) is 17.2 Å². The number of hydrogen-bond acceptors (Lipinski definition) is 1. The second kappa shape index (κ2) is 6.17. The molecule has 0 bridgehead atoms. The van der Waals surface area contributed by atoms with Gasteiger partial charge in [-0.3, -0.25) is 4.79 Å². The molecule has 2 heteroatoms. The number of H-pyrrole nitrogens is 1. The Kier molecular flexibility index (Phi) is 3.72. The third kappa shape index (κ3) is 2.52. The van der Waals surface area contributed by atoms with Gasteiger partial charge < -0.3 is 4.98 Å². The zero-order valence-electron chi connectivity index (χ0n) is 13.2. The predicted octanol–water partition coefficient (Wildman–Crippen LogP) is 5.24. The van der Waals surface area contributed by atoms with Crippen molar-refractivity contribution in [3.05, 3.63) is 95.7 Å². The molecule has 0 spiro atoms. The van der Waals surface area contributed by atoms with Gasteiger partial charge >= 0.3 is 0 Å². The second-order valence-electron chi connectivity index (χ2n) is 5.89. The first-order valence-corrected chi connectivity index (χ1v) is 8.05. The van der Waals surface area contributed by atoms with E-state index in [1.54, 1.807) is 0 Å². The van der Waals surface area contributed by atoms with Crippen LogP contribution in [0.2, 0.25) is 0 Å². The van der Waals surface area contributed by atoms with Crippen LogP contribution in [0.25, 0.3) is 22.0 Å². The average Bonchev–Trinajstić information content (AvgIpc) is 3.00. The standard InChI is InChI=1S/C22H17NO/c24-15-17-10-4-5-11-18(17)22-19-12-6-7-13-20(19)23-21(22)14-16-8-2-1-3-9-16/h1-13,15,23H,14H2. The first-order valence-electron chi connectivity index (χ1n) is 8.05. The molecule has 0 unspecified atom stereocenters. The molecule has 2 nitrogen and oxygen atoms in total. The number of nitrogens with one attached hydrogen (secondary N) is 1. The van der Waals surface area contributed by atoms with Gasteiger partial charge in [-0.15, -0.1) is 0 Å². The molecule has 0 aliphatic carbocycles. The maximum absolute atomic E-state index is 11.5. The normalized spacial score (nSPS) is 10.8. The first kappa shape index (κ1) is 14.5. The van der Waals surface area contributed by atoms with Gasteiger partial charge in [-0.25, -0.2) is 0 Å². The zero-order valence-corrected chi connectivity index (χ0v) is 13.2. The SMILES string of the molecule is O=Cc1ccccc1-c1c(Cc2ccccc2)[nH]c2ccccc12. The molecule has 0 atom stereocenters. The van der Waals surface area contributed by atoms with Crippen molar-refractivity contribution in [2.75, 3.05) is 0 Å². The highest BCUT2D eigenvalue weighted by atomic mass is 16.1. The van der Waals surface area contributed by atoms with Crippen molar-refractivity contribution in [1.82, 2.24) is 4.98 Å². The summed E-state index contributed by atoms with van der Waals surface area (Å²) in [6, 6.07) is 26.4. The molecule has 0 aliphatic rings. The second-order valence-corrected chi connectivity index (χ2v) is 5.89. The molecule has 3 aromatic carbocycles. The van der Waals surface area contributed by atoms with Crippen molar-refractivity contribution >= 4 is 17.2 Å². The fourth-order valence-electron chi connectivity index (χ4n) is 3.27. The molecule has 0 fully saturated rings. The molecule has 24 heavy (non-hydrogen) atoms. The number of carbonyl (C=O) groups is 1. The van der Waals surface area contributed by atoms with Crippen molar-refractivity contribution in [2.45, 2.75) is 6.42 Å². The topological polar surface area (TPSA) is 32.9 Å². The fraction of sp³-hybridized carbons (Fsp3) is 0.0455. The van der Waals surface area contributed by atoms with Crippen LogP contribution in [0.1, 0.15) is 21.6 Å². The summed E-state index contributed by atoms with van der Waals surface area (Å²) in [5, 5.41) is 1.15. The molecule has 4 aromatic rings. The van der Waals surface area contributed by atoms with Crippen LogP contribution in [-0.4, -0.2) is 11.3 Å². The van der Waals surface area contributed by atoms with Crippen molar-refractivity contribution in [3.8, 4) is 11.1 Å². The Morgan fingerprint density at radius 2 is 1.50 bits per heavy atom. The van der Waals surface area contributed by atoms with Crippen LogP contribution in [0.3, 0.4) is 0 Å². The lowest BCUT2D eigenvalue weighted by molar-refractivity contribution is 0.112. The Balaban J connectivity index is 1.95. The van der Waals surface area contributed by atoms with Crippen LogP contribution in [-0.2, 0) is 6.42 Å². The third-order valence-electron chi connectivity index (χ3n) is 4.36. The van der Waals surface area contributed by atoms with E-state index in [1.807, 2.05) is 42.5 Å². The molecule has 1 N–H and O–H groups in total. The van der Waals surface area contributed by atoms with E-state index >= 15 is 0 Å². The lowest BCUT2D eigenvalue weighted by Crippen LogP contribution is -1.93. The fourth-order valence-corrected chi connectivity index (χ4v) is 3.27. The highest BCUT2D eigenvalue weighted by Crippen LogP contribution is 2.35. The van der Waals surface area contributed by atoms with Crippen molar-refractivity contribution in [1.29, 1.82) is 0 Å². The number of benzene rings is 3. The summed E-state index contributed by atoms with van der Waals surface area (Å²) in [4.78, 5) is 15.1. The van der Waals surface area contributed by atoms with E-state index in [2.05, 4.69) is 41.4 Å². The van der Waals surface area contributed by atoms with Crippen LogP contribution < -0.4 is 0 Å². The van der Waals surface area contributed by atoms with Crippen LogP contribution in [0.5, 0.6) is 0 Å². The highest BCUT2D eigenvalue weighted by Gasteiger charge is 2.15. The summed E-state index contributed by atoms with van der Waals surface area (Å²) >= 11 is 0. The largest absolute Gasteiger partial charge is 0.358 e. The number of hydrogen-bond donors (Lipinski definition) is 1. The Bertz CT molecular complexity index is 999. The average molecular weight is 311 g/mol. The molecule has 0 amide bonds. The van der Waals surface area contributed by atoms with Crippen LogP contribution in [0.15, 0.2) is 78.9 Å². The van der Waals surface area contributed by atoms with Gasteiger partial charge in [0.05, 0.1) is 0 Å². The maximum atomic E-state index is 11.5. The summed E-state index contributed by atoms with van der Waals surface area (Å²) < 4.78 is 0. The highest BCUT2D eigenvalue weighted by molar-refractivity contribution is 6.01. The summed E-state index contributed by atoms with van der Waals surface area (Å²) in [7, 11) is 0. The molecule has 0 saturated carbocycles. The van der Waals surface area contributed by atoms with Crippen molar-refractivity contribution in [3.63, 3.8) is 0 Å². The van der Waals surface area contributed by atoms with E-state index in [-0.39, 0.29) is 0 Å². The first-order chi connectivity index (χ1) is 11.9. The lowest BCUT2D eigenvalue weighted by atomic mass is 9.95. The maximum Gasteiger partial charge on any atom is 0.150 e. The van der Waals surface area contributed by atoms with Gasteiger partial charge in [0.2, 0.25) is 0 Å². The van der Waals surface area contributed by atoms with E-state index in [9.17, 15) is 4.79 Å². The number of aromatic nitrogens is 1. The minimum Gasteiger partial charge on any atom is -0.358 e. The van der Waals surface area contributed by atoms with Crippen molar-refractivity contribution in [2.24, 2.45) is 0 Å². The van der Waals surface area contributed by atoms with Crippen LogP contribution >= 0.6 is 0 Å². The van der Waals surface area contributed by atoms with Gasteiger partial charge in [0.25, 0.3) is 0 Å². The molecular weight excluding hydrogens is 294 g/mol. The summed E-state index contributed by atoms with van der Waals surface area (Å²) in [6.07, 6.45) is 1.74. The van der Waals surface area contributed by atoms with Gasteiger partial charge in [-0.2, -0.15) is 0 Å². The summed E-state index contributed by atoms with van der Waals surface area (Å²) in [6.45, 7) is 0. The van der Waals surface area contributed by atoms with E-state index in [0.29, 0.717) is 0 Å². The molecule has 4 rings (SSSR count). The smallest absolute Gasteiger partial charge is 0.150 e. The number of fused-ring (bicyclic) bond motifs is 1. The monoisotopic (exact) mass is 311 g/mol. The quantitative estimate of drug-likeness (QED) is 0.514. The number of aromatic amines is 1. The molecule has 116 valence electrons. The third-order valence-corrected chi connectivity index (χ3v) is 4.36. The minimum absolute atomic E-state index is 0.719. The van der Waals surface area contributed by atoms with E-state index in [0.717, 1.165) is 46.0 Å². The van der Waals surface area contributed by atoms with Crippen molar-refractivity contribution < 1.29 is 4.79 Å². The Labute approximate surface area is 140 Å². The zero-order chi connectivity index (χ0) is 16.4. The molecule has 1 heterocycles. The van der Waals surface area contributed by atoms with Gasteiger partial charge in [0.15, 0.2) is 6.29 Å². The number of carbonyl (C=O) groups excluding carboxylic acids is 1. The van der Waals surface area contributed by atoms with E-state index in [1.165, 1.54) is 5.56 Å². The molecular formula is C22H17NO. The van der Waals surface area contributed by atoms with Gasteiger partial charge in [0, 0.05) is 34.1 Å². The molecule has 0 aliphatic heterocycles. The Morgan fingerprint density at radius 1 is 0.792 bits per heavy atom. The van der Waals surface area contributed by atoms with E-state index < -0.39 is 0 Å². The van der Waals surface area contributed by atoms with Crippen LogP contribution in [0, 0.1) is 0 Å². The van der Waals surface area contributed by atoms with E-state index in [4.69, 9.17) is 0 Å². The predicted molar refractivity (Wildman–Crippen MR) is 98.4 cm³/mol. The molecule has 0 radical (unpaired) electrons. The van der Waals surface area contributed by atoms with Crippen LogP contribution in [0.4, 0.5) is 0 Å². The summed E-state index contributed by atoms with van der Waals surface area (Å²) in [5.74, 6) is 0. The Hall–Kier alpha value is -3.13. The molecule has 0 saturated heterocycles. The van der Waals surface area contributed by atoms with Gasteiger partial charge in [-0.1, -0.05) is 72.8 Å². The van der Waals surface area contributed by atoms with Gasteiger partial charge in [0.1, 0.15) is 0 Å². The minimum atomic E-state index is 0.719. The summed E-state index contributed by atoms with van der Waals surface area (Å²) in [5.41, 5.74) is 6.30. The molecule has 1 aromatic heterocycles.